The summed E-state index contributed by atoms with van der Waals surface area (Å²) in [5, 5.41) is 17.5. The van der Waals surface area contributed by atoms with Gasteiger partial charge in [-0.05, 0) is 31.2 Å². The van der Waals surface area contributed by atoms with Gasteiger partial charge in [0.25, 0.3) is 0 Å². The van der Waals surface area contributed by atoms with E-state index in [-0.39, 0.29) is 30.9 Å². The van der Waals surface area contributed by atoms with Crippen LogP contribution in [0.2, 0.25) is 5.02 Å². The number of carbonyl (C=O) groups excluding carboxylic acids is 2. The first-order chi connectivity index (χ1) is 11.0. The van der Waals surface area contributed by atoms with Gasteiger partial charge in [-0.15, -0.1) is 10.2 Å². The van der Waals surface area contributed by atoms with Gasteiger partial charge in [-0.25, -0.2) is 0 Å². The fraction of sp³-hybridized carbons (Fsp3) is 0.357. The zero-order chi connectivity index (χ0) is 16.8. The van der Waals surface area contributed by atoms with E-state index in [2.05, 4.69) is 26.0 Å². The third kappa shape index (κ3) is 5.03. The highest BCUT2D eigenvalue weighted by Gasteiger charge is 2.12. The van der Waals surface area contributed by atoms with Crippen molar-refractivity contribution in [3.63, 3.8) is 0 Å². The number of amides is 2. The van der Waals surface area contributed by atoms with Gasteiger partial charge in [0.1, 0.15) is 6.54 Å². The highest BCUT2D eigenvalue weighted by atomic mass is 35.5. The van der Waals surface area contributed by atoms with Gasteiger partial charge in [0.2, 0.25) is 17.6 Å². The summed E-state index contributed by atoms with van der Waals surface area (Å²) >= 11 is 6.06. The Bertz CT molecular complexity index is 700. The molecule has 8 nitrogen and oxygen atoms in total. The molecule has 0 aliphatic carbocycles. The highest BCUT2D eigenvalue weighted by molar-refractivity contribution is 6.33. The minimum Gasteiger partial charge on any atom is -0.352 e. The summed E-state index contributed by atoms with van der Waals surface area (Å²) in [6.45, 7) is 3.46. The molecule has 2 rings (SSSR count). The number of tetrazole rings is 1. The lowest BCUT2D eigenvalue weighted by Crippen LogP contribution is -2.40. The number of aromatic nitrogens is 4. The number of benzene rings is 1. The van der Waals surface area contributed by atoms with Gasteiger partial charge in [0, 0.05) is 11.6 Å². The molecular weight excluding hydrogens is 320 g/mol. The average molecular weight is 337 g/mol. The molecule has 0 spiro atoms. The van der Waals surface area contributed by atoms with Crippen molar-refractivity contribution in [1.82, 2.24) is 30.8 Å². The molecule has 1 aromatic carbocycles. The number of nitrogens with zero attached hydrogens (tertiary/aromatic N) is 4. The zero-order valence-corrected chi connectivity index (χ0v) is 13.5. The van der Waals surface area contributed by atoms with Crippen LogP contribution >= 0.6 is 11.6 Å². The van der Waals surface area contributed by atoms with Crippen molar-refractivity contribution in [3.05, 3.63) is 29.3 Å². The fourth-order valence-electron chi connectivity index (χ4n) is 1.80. The second kappa shape index (κ2) is 7.68. The smallest absolute Gasteiger partial charge is 0.244 e. The van der Waals surface area contributed by atoms with Crippen molar-refractivity contribution in [2.75, 3.05) is 6.54 Å². The lowest BCUT2D eigenvalue weighted by atomic mass is 10.2. The van der Waals surface area contributed by atoms with Crippen molar-refractivity contribution < 1.29 is 9.59 Å². The Morgan fingerprint density at radius 2 is 2.00 bits per heavy atom. The van der Waals surface area contributed by atoms with Gasteiger partial charge >= 0.3 is 0 Å². The molecule has 0 fully saturated rings. The molecule has 0 bridgehead atoms. The third-order valence-corrected chi connectivity index (χ3v) is 3.08. The van der Waals surface area contributed by atoms with Gasteiger partial charge in [-0.1, -0.05) is 23.7 Å². The van der Waals surface area contributed by atoms with Crippen molar-refractivity contribution in [2.45, 2.75) is 26.4 Å². The standard InChI is InChI=1S/C14H17ClN6O2/c1-9(2)17-12(22)7-16-13(23)8-21-19-14(18-20-21)10-5-3-4-6-11(10)15/h3-6,9H,7-8H2,1-2H3,(H,16,23)(H,17,22). The normalized spacial score (nSPS) is 10.6. The van der Waals surface area contributed by atoms with E-state index in [1.807, 2.05) is 19.9 Å². The van der Waals surface area contributed by atoms with Crippen LogP contribution in [-0.4, -0.2) is 44.6 Å². The number of halogens is 1. The van der Waals surface area contributed by atoms with Gasteiger partial charge in [0.05, 0.1) is 11.6 Å². The SMILES string of the molecule is CC(C)NC(=O)CNC(=O)Cn1nnc(-c2ccccc2Cl)n1. The first-order valence-electron chi connectivity index (χ1n) is 7.04. The van der Waals surface area contributed by atoms with E-state index in [4.69, 9.17) is 11.6 Å². The van der Waals surface area contributed by atoms with Crippen molar-refractivity contribution in [2.24, 2.45) is 0 Å². The monoisotopic (exact) mass is 336 g/mol. The van der Waals surface area contributed by atoms with Crippen LogP contribution in [0.3, 0.4) is 0 Å². The van der Waals surface area contributed by atoms with Gasteiger partial charge in [-0.2, -0.15) is 4.80 Å². The number of rotatable bonds is 6. The summed E-state index contributed by atoms with van der Waals surface area (Å²) in [4.78, 5) is 24.4. The molecule has 9 heteroatoms. The second-order valence-electron chi connectivity index (χ2n) is 5.12. The molecular formula is C14H17ClN6O2. The Morgan fingerprint density at radius 1 is 1.26 bits per heavy atom. The van der Waals surface area contributed by atoms with Gasteiger partial charge < -0.3 is 10.6 Å². The Labute approximate surface area is 138 Å². The Balaban J connectivity index is 1.91. The van der Waals surface area contributed by atoms with Crippen LogP contribution in [0.1, 0.15) is 13.8 Å². The third-order valence-electron chi connectivity index (χ3n) is 2.75. The first-order valence-corrected chi connectivity index (χ1v) is 7.42. The van der Waals surface area contributed by atoms with E-state index < -0.39 is 0 Å². The zero-order valence-electron chi connectivity index (χ0n) is 12.8. The minimum atomic E-state index is -0.382. The largest absolute Gasteiger partial charge is 0.352 e. The second-order valence-corrected chi connectivity index (χ2v) is 5.53. The van der Waals surface area contributed by atoms with Crippen LogP contribution < -0.4 is 10.6 Å². The molecule has 0 atom stereocenters. The van der Waals surface area contributed by atoms with E-state index in [1.54, 1.807) is 18.2 Å². The summed E-state index contributed by atoms with van der Waals surface area (Å²) in [5.41, 5.74) is 0.636. The number of carbonyl (C=O) groups is 2. The van der Waals surface area contributed by atoms with E-state index in [0.29, 0.717) is 16.4 Å². The van der Waals surface area contributed by atoms with Crippen LogP contribution in [0.4, 0.5) is 0 Å². The van der Waals surface area contributed by atoms with E-state index in [9.17, 15) is 9.59 Å². The summed E-state index contributed by atoms with van der Waals surface area (Å²) in [7, 11) is 0. The lowest BCUT2D eigenvalue weighted by Gasteiger charge is -2.08. The maximum absolute atomic E-state index is 11.8. The Kier molecular flexibility index (Phi) is 5.64. The Hall–Kier alpha value is -2.48. The number of nitrogens with one attached hydrogen (secondary N) is 2. The molecule has 2 N–H and O–H groups in total. The Morgan fingerprint density at radius 3 is 2.70 bits per heavy atom. The molecule has 122 valence electrons. The van der Waals surface area contributed by atoms with E-state index in [1.165, 1.54) is 0 Å². The summed E-state index contributed by atoms with van der Waals surface area (Å²) < 4.78 is 0. The van der Waals surface area contributed by atoms with E-state index in [0.717, 1.165) is 4.80 Å². The fourth-order valence-corrected chi connectivity index (χ4v) is 2.02. The molecule has 0 aliphatic heterocycles. The minimum absolute atomic E-state index is 0.0227. The van der Waals surface area contributed by atoms with Gasteiger partial charge in [-0.3, -0.25) is 9.59 Å². The predicted molar refractivity (Wildman–Crippen MR) is 84.6 cm³/mol. The molecule has 23 heavy (non-hydrogen) atoms. The molecule has 2 amide bonds. The molecule has 0 saturated heterocycles. The van der Waals surface area contributed by atoms with Crippen LogP contribution in [0.15, 0.2) is 24.3 Å². The van der Waals surface area contributed by atoms with Crippen LogP contribution in [0, 0.1) is 0 Å². The lowest BCUT2D eigenvalue weighted by molar-refractivity contribution is -0.126. The van der Waals surface area contributed by atoms with Crippen LogP contribution in [0.5, 0.6) is 0 Å². The highest BCUT2D eigenvalue weighted by Crippen LogP contribution is 2.23. The molecule has 0 aliphatic rings. The molecule has 0 radical (unpaired) electrons. The molecule has 1 aromatic heterocycles. The first kappa shape index (κ1) is 16.9. The molecule has 2 aromatic rings. The quantitative estimate of drug-likeness (QED) is 0.805. The summed E-state index contributed by atoms with van der Waals surface area (Å²) in [6.07, 6.45) is 0. The number of hydrogen-bond donors (Lipinski definition) is 2. The maximum Gasteiger partial charge on any atom is 0.244 e. The van der Waals surface area contributed by atoms with Crippen molar-refractivity contribution >= 4 is 23.4 Å². The summed E-state index contributed by atoms with van der Waals surface area (Å²) in [5.74, 6) is -0.301. The van der Waals surface area contributed by atoms with Crippen molar-refractivity contribution in [1.29, 1.82) is 0 Å². The number of hydrogen-bond acceptors (Lipinski definition) is 5. The predicted octanol–water partition coefficient (Wildman–Crippen LogP) is 0.634. The molecule has 0 unspecified atom stereocenters. The molecule has 0 saturated carbocycles. The van der Waals surface area contributed by atoms with Gasteiger partial charge in [0.15, 0.2) is 0 Å². The van der Waals surface area contributed by atoms with E-state index >= 15 is 0 Å². The van der Waals surface area contributed by atoms with Crippen LogP contribution in [-0.2, 0) is 16.1 Å². The maximum atomic E-state index is 11.8. The van der Waals surface area contributed by atoms with Crippen molar-refractivity contribution in [3.8, 4) is 11.4 Å². The molecule has 1 heterocycles. The summed E-state index contributed by atoms with van der Waals surface area (Å²) in [6, 6.07) is 7.11. The average Bonchev–Trinajstić information content (AvgIpc) is 2.93. The van der Waals surface area contributed by atoms with Crippen LogP contribution in [0.25, 0.3) is 11.4 Å². The topological polar surface area (TPSA) is 102 Å².